The molecule has 0 aliphatic heterocycles. The maximum absolute atomic E-state index is 12.8. The van der Waals surface area contributed by atoms with Crippen LogP contribution in [-0.2, 0) is 30.5 Å². The lowest BCUT2D eigenvalue weighted by molar-refractivity contribution is -0.156. The Morgan fingerprint density at radius 1 is 1.26 bits per heavy atom. The number of ether oxygens (including phenoxy) is 1. The van der Waals surface area contributed by atoms with Gasteiger partial charge in [-0.1, -0.05) is 26.3 Å². The van der Waals surface area contributed by atoms with Crippen LogP contribution in [0.1, 0.15) is 32.8 Å². The van der Waals surface area contributed by atoms with Crippen molar-refractivity contribution in [2.24, 2.45) is 11.7 Å². The minimum atomic E-state index is -4.72. The van der Waals surface area contributed by atoms with Crippen molar-refractivity contribution >= 4 is 21.9 Å². The van der Waals surface area contributed by atoms with Crippen molar-refractivity contribution in [3.8, 4) is 0 Å². The second-order valence-corrected chi connectivity index (χ2v) is 7.71. The quantitative estimate of drug-likeness (QED) is 0.634. The van der Waals surface area contributed by atoms with Crippen LogP contribution in [0.15, 0.2) is 29.2 Å². The molecular weight excluding hydrogens is 389 g/mol. The van der Waals surface area contributed by atoms with Crippen molar-refractivity contribution < 1.29 is 35.9 Å². The van der Waals surface area contributed by atoms with Crippen LogP contribution in [0.3, 0.4) is 0 Å². The molecule has 0 heterocycles. The molecular formula is C16H21F3N2O5S. The number of rotatable bonds is 8. The van der Waals surface area contributed by atoms with E-state index in [4.69, 9.17) is 10.5 Å². The van der Waals surface area contributed by atoms with Gasteiger partial charge in [-0.3, -0.25) is 9.59 Å². The number of hydrogen-bond acceptors (Lipinski definition) is 5. The molecule has 0 bridgehead atoms. The summed E-state index contributed by atoms with van der Waals surface area (Å²) in [4.78, 5) is 22.6. The van der Waals surface area contributed by atoms with Crippen LogP contribution in [0.25, 0.3) is 0 Å². The summed E-state index contributed by atoms with van der Waals surface area (Å²) in [7, 11) is -4.47. The van der Waals surface area contributed by atoms with Gasteiger partial charge in [0.25, 0.3) is 5.91 Å². The summed E-state index contributed by atoms with van der Waals surface area (Å²) in [6.07, 6.45) is -5.66. The molecule has 3 atom stereocenters. The zero-order valence-electron chi connectivity index (χ0n) is 14.9. The fraction of sp³-hybridized carbons (Fsp3) is 0.500. The normalized spacial score (nSPS) is 15.6. The molecule has 0 spiro atoms. The molecule has 0 saturated carbocycles. The lowest BCUT2D eigenvalue weighted by atomic mass is 10.0. The van der Waals surface area contributed by atoms with E-state index in [1.807, 2.05) is 0 Å². The Kier molecular flexibility index (Phi) is 7.38. The number of halogens is 3. The van der Waals surface area contributed by atoms with Gasteiger partial charge in [0.1, 0.15) is 6.04 Å². The van der Waals surface area contributed by atoms with Crippen LogP contribution >= 0.6 is 0 Å². The maximum Gasteiger partial charge on any atom is 0.416 e. The lowest BCUT2D eigenvalue weighted by Crippen LogP contribution is -2.47. The van der Waals surface area contributed by atoms with E-state index in [1.165, 1.54) is 6.92 Å². The van der Waals surface area contributed by atoms with Crippen LogP contribution in [0, 0.1) is 5.92 Å². The summed E-state index contributed by atoms with van der Waals surface area (Å²) in [6, 6.07) is 1.71. The average Bonchev–Trinajstić information content (AvgIpc) is 2.58. The third-order valence-corrected chi connectivity index (χ3v) is 5.35. The molecule has 1 aromatic carbocycles. The number of nitrogens with two attached hydrogens (primary N) is 1. The van der Waals surface area contributed by atoms with Crippen molar-refractivity contribution in [3.63, 3.8) is 0 Å². The highest BCUT2D eigenvalue weighted by Gasteiger charge is 2.35. The van der Waals surface area contributed by atoms with Gasteiger partial charge in [0.15, 0.2) is 6.10 Å². The number of primary amides is 1. The van der Waals surface area contributed by atoms with E-state index in [-0.39, 0.29) is 0 Å². The van der Waals surface area contributed by atoms with Crippen molar-refractivity contribution in [1.82, 2.24) is 4.72 Å². The number of alkyl halides is 3. The van der Waals surface area contributed by atoms with E-state index in [2.05, 4.69) is 4.72 Å². The van der Waals surface area contributed by atoms with Gasteiger partial charge >= 0.3 is 12.1 Å². The summed E-state index contributed by atoms with van der Waals surface area (Å²) in [5, 5.41) is 0. The molecule has 0 aliphatic rings. The molecule has 0 unspecified atom stereocenters. The molecule has 3 N–H and O–H groups in total. The fourth-order valence-corrected chi connectivity index (χ4v) is 3.35. The Hall–Kier alpha value is -2.14. The number of hydrogen-bond donors (Lipinski definition) is 2. The van der Waals surface area contributed by atoms with Gasteiger partial charge < -0.3 is 10.5 Å². The number of amides is 1. The van der Waals surface area contributed by atoms with Gasteiger partial charge in [0.2, 0.25) is 10.0 Å². The number of nitrogens with one attached hydrogen (secondary N) is 1. The highest BCUT2D eigenvalue weighted by molar-refractivity contribution is 7.89. The predicted octanol–water partition coefficient (Wildman–Crippen LogP) is 1.82. The van der Waals surface area contributed by atoms with Gasteiger partial charge in [-0.15, -0.1) is 0 Å². The molecule has 0 aromatic heterocycles. The van der Waals surface area contributed by atoms with Crippen molar-refractivity contribution in [3.05, 3.63) is 29.8 Å². The second-order valence-electron chi connectivity index (χ2n) is 5.99. The fourth-order valence-electron chi connectivity index (χ4n) is 2.01. The topological polar surface area (TPSA) is 116 Å². The van der Waals surface area contributed by atoms with Gasteiger partial charge in [-0.25, -0.2) is 8.42 Å². The molecule has 1 amide bonds. The number of carbonyl (C=O) groups excluding carboxylic acids is 2. The van der Waals surface area contributed by atoms with Crippen LogP contribution in [0.5, 0.6) is 0 Å². The largest absolute Gasteiger partial charge is 0.451 e. The highest BCUT2D eigenvalue weighted by atomic mass is 32.2. The molecule has 1 aromatic rings. The minimum Gasteiger partial charge on any atom is -0.451 e. The van der Waals surface area contributed by atoms with E-state index >= 15 is 0 Å². The Balaban J connectivity index is 3.17. The zero-order chi connectivity index (χ0) is 21.0. The molecule has 0 aliphatic carbocycles. The van der Waals surface area contributed by atoms with Crippen LogP contribution < -0.4 is 10.5 Å². The molecule has 0 radical (unpaired) electrons. The number of carbonyl (C=O) groups is 2. The Bertz CT molecular complexity index is 795. The van der Waals surface area contributed by atoms with E-state index in [9.17, 15) is 31.2 Å². The molecule has 0 saturated heterocycles. The predicted molar refractivity (Wildman–Crippen MR) is 89.8 cm³/mol. The zero-order valence-corrected chi connectivity index (χ0v) is 15.7. The van der Waals surface area contributed by atoms with E-state index in [0.717, 1.165) is 18.2 Å². The van der Waals surface area contributed by atoms with Gasteiger partial charge in [0, 0.05) is 0 Å². The summed E-state index contributed by atoms with van der Waals surface area (Å²) >= 11 is 0. The standard InChI is InChI=1S/C16H21F3N2O5S/c1-4-9(2)13(15(23)26-10(3)14(20)22)21-27(24,25)12-7-5-6-11(8-12)16(17,18)19/h5-10,13,21H,4H2,1-3H3,(H2,20,22)/t9-,10-,13+/m0/s1. The summed E-state index contributed by atoms with van der Waals surface area (Å²) in [5.41, 5.74) is 3.86. The first-order valence-corrected chi connectivity index (χ1v) is 9.47. The first kappa shape index (κ1) is 22.9. The molecule has 0 fully saturated rings. The number of esters is 1. The summed E-state index contributed by atoms with van der Waals surface area (Å²) < 4.78 is 70.3. The maximum atomic E-state index is 12.8. The van der Waals surface area contributed by atoms with Gasteiger partial charge in [-0.05, 0) is 31.0 Å². The molecule has 11 heteroatoms. The van der Waals surface area contributed by atoms with Gasteiger partial charge in [0.05, 0.1) is 10.5 Å². The smallest absolute Gasteiger partial charge is 0.416 e. The van der Waals surface area contributed by atoms with E-state index in [0.29, 0.717) is 12.5 Å². The Labute approximate surface area is 155 Å². The van der Waals surface area contributed by atoms with Crippen molar-refractivity contribution in [2.75, 3.05) is 0 Å². The first-order valence-electron chi connectivity index (χ1n) is 7.99. The first-order chi connectivity index (χ1) is 12.3. The third kappa shape index (κ3) is 6.21. The molecule has 152 valence electrons. The van der Waals surface area contributed by atoms with Crippen LogP contribution in [0.4, 0.5) is 13.2 Å². The Morgan fingerprint density at radius 2 is 1.85 bits per heavy atom. The van der Waals surface area contributed by atoms with E-state index < -0.39 is 56.6 Å². The Morgan fingerprint density at radius 3 is 2.33 bits per heavy atom. The SMILES string of the molecule is CC[C@H](C)[C@@H](NS(=O)(=O)c1cccc(C(F)(F)F)c1)C(=O)O[C@@H](C)C(N)=O. The summed E-state index contributed by atoms with van der Waals surface area (Å²) in [6.45, 7) is 4.45. The minimum absolute atomic E-state index is 0.357. The average molecular weight is 410 g/mol. The highest BCUT2D eigenvalue weighted by Crippen LogP contribution is 2.30. The van der Waals surface area contributed by atoms with Crippen LogP contribution in [0.2, 0.25) is 0 Å². The monoisotopic (exact) mass is 410 g/mol. The number of benzene rings is 1. The second kappa shape index (κ2) is 8.70. The third-order valence-electron chi connectivity index (χ3n) is 3.91. The van der Waals surface area contributed by atoms with Crippen LogP contribution in [-0.4, -0.2) is 32.4 Å². The lowest BCUT2D eigenvalue weighted by Gasteiger charge is -2.24. The van der Waals surface area contributed by atoms with E-state index in [1.54, 1.807) is 13.8 Å². The van der Waals surface area contributed by atoms with Crippen molar-refractivity contribution in [1.29, 1.82) is 0 Å². The van der Waals surface area contributed by atoms with Gasteiger partial charge in [-0.2, -0.15) is 17.9 Å². The molecule has 27 heavy (non-hydrogen) atoms. The number of sulfonamides is 1. The van der Waals surface area contributed by atoms with Crippen molar-refractivity contribution in [2.45, 2.75) is 50.4 Å². The molecule has 1 rings (SSSR count). The molecule has 7 nitrogen and oxygen atoms in total. The summed E-state index contributed by atoms with van der Waals surface area (Å²) in [5.74, 6) is -2.53.